The normalized spacial score (nSPS) is 15.3. The number of nitrogens with zero attached hydrogens (tertiary/aromatic N) is 1. The molecule has 0 atom stereocenters. The van der Waals surface area contributed by atoms with Crippen LogP contribution in [0.5, 0.6) is 0 Å². The van der Waals surface area contributed by atoms with Gasteiger partial charge < -0.3 is 9.73 Å². The highest BCUT2D eigenvalue weighted by molar-refractivity contribution is 5.21. The van der Waals surface area contributed by atoms with Gasteiger partial charge in [0.1, 0.15) is 11.5 Å². The van der Waals surface area contributed by atoms with Gasteiger partial charge in [-0.15, -0.1) is 6.58 Å². The summed E-state index contributed by atoms with van der Waals surface area (Å²) < 4.78 is 5.80. The number of likely N-dealkylation sites (N-methyl/N-ethyl adjacent to an activating group) is 1. The van der Waals surface area contributed by atoms with Crippen LogP contribution in [0.2, 0.25) is 0 Å². The van der Waals surface area contributed by atoms with Crippen molar-refractivity contribution in [1.29, 1.82) is 0 Å². The van der Waals surface area contributed by atoms with E-state index in [1.165, 1.54) is 18.4 Å². The zero-order valence-electron chi connectivity index (χ0n) is 11.5. The van der Waals surface area contributed by atoms with Gasteiger partial charge in [0.25, 0.3) is 0 Å². The van der Waals surface area contributed by atoms with Crippen molar-refractivity contribution in [3.63, 3.8) is 0 Å². The second-order valence-corrected chi connectivity index (χ2v) is 5.07. The highest BCUT2D eigenvalue weighted by atomic mass is 16.3. The van der Waals surface area contributed by atoms with Gasteiger partial charge >= 0.3 is 0 Å². The van der Waals surface area contributed by atoms with Crippen molar-refractivity contribution in [2.45, 2.75) is 45.8 Å². The van der Waals surface area contributed by atoms with E-state index in [9.17, 15) is 0 Å². The van der Waals surface area contributed by atoms with Crippen LogP contribution in [0.15, 0.2) is 23.1 Å². The number of aryl methyl sites for hydroxylation is 1. The lowest BCUT2D eigenvalue weighted by Gasteiger charge is -2.17. The molecule has 0 radical (unpaired) electrons. The SMILES string of the molecule is C=CCN(CC)Cc1cc(CNC2CC2)oc1C. The molecule has 0 aromatic carbocycles. The van der Waals surface area contributed by atoms with Crippen LogP contribution in [0.4, 0.5) is 0 Å². The maximum absolute atomic E-state index is 5.80. The van der Waals surface area contributed by atoms with Crippen LogP contribution in [0, 0.1) is 6.92 Å². The number of hydrogen-bond acceptors (Lipinski definition) is 3. The van der Waals surface area contributed by atoms with E-state index in [2.05, 4.69) is 36.7 Å². The topological polar surface area (TPSA) is 28.4 Å². The standard InChI is InChI=1S/C15H24N2O/c1-4-8-17(5-2)11-13-9-15(18-12(13)3)10-16-14-6-7-14/h4,9,14,16H,1,5-8,10-11H2,2-3H3. The molecule has 1 heterocycles. The van der Waals surface area contributed by atoms with E-state index < -0.39 is 0 Å². The summed E-state index contributed by atoms with van der Waals surface area (Å²) in [6.07, 6.45) is 4.58. The van der Waals surface area contributed by atoms with Gasteiger partial charge in [-0.2, -0.15) is 0 Å². The summed E-state index contributed by atoms with van der Waals surface area (Å²) in [5, 5.41) is 3.48. The van der Waals surface area contributed by atoms with Gasteiger partial charge in [-0.1, -0.05) is 13.0 Å². The molecule has 1 N–H and O–H groups in total. The average molecular weight is 248 g/mol. The zero-order chi connectivity index (χ0) is 13.0. The third-order valence-corrected chi connectivity index (χ3v) is 3.44. The molecule has 0 saturated heterocycles. The number of rotatable bonds is 8. The second-order valence-electron chi connectivity index (χ2n) is 5.07. The first-order valence-electron chi connectivity index (χ1n) is 6.87. The van der Waals surface area contributed by atoms with Crippen molar-refractivity contribution in [2.24, 2.45) is 0 Å². The molecule has 18 heavy (non-hydrogen) atoms. The Morgan fingerprint density at radius 3 is 2.94 bits per heavy atom. The number of nitrogens with one attached hydrogen (secondary N) is 1. The van der Waals surface area contributed by atoms with E-state index >= 15 is 0 Å². The molecule has 1 fully saturated rings. The van der Waals surface area contributed by atoms with Crippen molar-refractivity contribution < 1.29 is 4.42 Å². The van der Waals surface area contributed by atoms with Crippen LogP contribution in [0.25, 0.3) is 0 Å². The van der Waals surface area contributed by atoms with E-state index in [1.807, 2.05) is 6.08 Å². The molecule has 0 aliphatic heterocycles. The van der Waals surface area contributed by atoms with Gasteiger partial charge in [0, 0.05) is 24.7 Å². The lowest BCUT2D eigenvalue weighted by atomic mass is 10.2. The van der Waals surface area contributed by atoms with Crippen LogP contribution in [0.3, 0.4) is 0 Å². The predicted molar refractivity (Wildman–Crippen MR) is 74.5 cm³/mol. The Hall–Kier alpha value is -1.06. The number of furan rings is 1. The minimum Gasteiger partial charge on any atom is -0.465 e. The fourth-order valence-corrected chi connectivity index (χ4v) is 2.09. The van der Waals surface area contributed by atoms with Crippen LogP contribution in [-0.4, -0.2) is 24.0 Å². The molecular formula is C15H24N2O. The molecular weight excluding hydrogens is 224 g/mol. The molecule has 0 bridgehead atoms. The average Bonchev–Trinajstić information content (AvgIpc) is 3.12. The molecule has 1 aliphatic rings. The Morgan fingerprint density at radius 2 is 2.33 bits per heavy atom. The minimum absolute atomic E-state index is 0.728. The Morgan fingerprint density at radius 1 is 1.56 bits per heavy atom. The summed E-state index contributed by atoms with van der Waals surface area (Å²) in [5.41, 5.74) is 1.30. The Balaban J connectivity index is 1.91. The van der Waals surface area contributed by atoms with Gasteiger partial charge in [0.15, 0.2) is 0 Å². The molecule has 0 amide bonds. The van der Waals surface area contributed by atoms with E-state index in [4.69, 9.17) is 4.42 Å². The summed E-state index contributed by atoms with van der Waals surface area (Å²) in [7, 11) is 0. The molecule has 1 aromatic heterocycles. The minimum atomic E-state index is 0.728. The van der Waals surface area contributed by atoms with Crippen molar-refractivity contribution in [3.05, 3.63) is 35.8 Å². The molecule has 1 aromatic rings. The number of hydrogen-bond donors (Lipinski definition) is 1. The monoisotopic (exact) mass is 248 g/mol. The van der Waals surface area contributed by atoms with Crippen LogP contribution < -0.4 is 5.32 Å². The van der Waals surface area contributed by atoms with Gasteiger partial charge in [0.2, 0.25) is 0 Å². The third kappa shape index (κ3) is 3.72. The van der Waals surface area contributed by atoms with Crippen molar-refractivity contribution in [1.82, 2.24) is 10.2 Å². The first kappa shape index (κ1) is 13.4. The maximum atomic E-state index is 5.80. The molecule has 100 valence electrons. The second kappa shape index (κ2) is 6.21. The Labute approximate surface area is 110 Å². The van der Waals surface area contributed by atoms with Crippen molar-refractivity contribution in [3.8, 4) is 0 Å². The third-order valence-electron chi connectivity index (χ3n) is 3.44. The highest BCUT2D eigenvalue weighted by Crippen LogP contribution is 2.21. The predicted octanol–water partition coefficient (Wildman–Crippen LogP) is 2.85. The van der Waals surface area contributed by atoms with Gasteiger partial charge in [-0.3, -0.25) is 4.90 Å². The molecule has 3 nitrogen and oxygen atoms in total. The summed E-state index contributed by atoms with van der Waals surface area (Å²) in [5.74, 6) is 2.11. The fourth-order valence-electron chi connectivity index (χ4n) is 2.09. The highest BCUT2D eigenvalue weighted by Gasteiger charge is 2.21. The summed E-state index contributed by atoms with van der Waals surface area (Å²) in [6, 6.07) is 2.92. The smallest absolute Gasteiger partial charge is 0.118 e. The van der Waals surface area contributed by atoms with E-state index in [0.717, 1.165) is 43.7 Å². The van der Waals surface area contributed by atoms with Gasteiger partial charge in [-0.25, -0.2) is 0 Å². The Kier molecular flexibility index (Phi) is 4.61. The molecule has 3 heteroatoms. The van der Waals surface area contributed by atoms with Crippen molar-refractivity contribution in [2.75, 3.05) is 13.1 Å². The zero-order valence-corrected chi connectivity index (χ0v) is 11.5. The van der Waals surface area contributed by atoms with Crippen LogP contribution >= 0.6 is 0 Å². The molecule has 0 spiro atoms. The first-order valence-corrected chi connectivity index (χ1v) is 6.87. The van der Waals surface area contributed by atoms with Gasteiger partial charge in [-0.05, 0) is 32.4 Å². The lowest BCUT2D eigenvalue weighted by molar-refractivity contribution is 0.308. The maximum Gasteiger partial charge on any atom is 0.118 e. The summed E-state index contributed by atoms with van der Waals surface area (Å²) >= 11 is 0. The molecule has 0 unspecified atom stereocenters. The first-order chi connectivity index (χ1) is 8.72. The fraction of sp³-hybridized carbons (Fsp3) is 0.600. The quantitative estimate of drug-likeness (QED) is 0.717. The van der Waals surface area contributed by atoms with E-state index in [-0.39, 0.29) is 0 Å². The molecule has 1 saturated carbocycles. The summed E-state index contributed by atoms with van der Waals surface area (Å²) in [6.45, 7) is 11.8. The van der Waals surface area contributed by atoms with Crippen molar-refractivity contribution >= 4 is 0 Å². The van der Waals surface area contributed by atoms with E-state index in [0.29, 0.717) is 0 Å². The largest absolute Gasteiger partial charge is 0.465 e. The summed E-state index contributed by atoms with van der Waals surface area (Å²) in [4.78, 5) is 2.35. The Bertz CT molecular complexity index is 393. The molecule has 1 aliphatic carbocycles. The lowest BCUT2D eigenvalue weighted by Crippen LogP contribution is -2.22. The molecule has 2 rings (SSSR count). The van der Waals surface area contributed by atoms with Crippen LogP contribution in [-0.2, 0) is 13.1 Å². The van der Waals surface area contributed by atoms with Gasteiger partial charge in [0.05, 0.1) is 6.54 Å². The van der Waals surface area contributed by atoms with E-state index in [1.54, 1.807) is 0 Å². The van der Waals surface area contributed by atoms with Crippen LogP contribution in [0.1, 0.15) is 36.8 Å².